The van der Waals surface area contributed by atoms with Gasteiger partial charge >= 0.3 is 0 Å². The number of hydrogen-bond acceptors (Lipinski definition) is 1. The lowest BCUT2D eigenvalue weighted by Crippen LogP contribution is -1.99. The first-order chi connectivity index (χ1) is 5.75. The summed E-state index contributed by atoms with van der Waals surface area (Å²) in [5.74, 6) is 1.41. The van der Waals surface area contributed by atoms with Gasteiger partial charge in [0.05, 0.1) is 5.88 Å². The summed E-state index contributed by atoms with van der Waals surface area (Å²) in [6, 6.07) is 5.87. The highest BCUT2D eigenvalue weighted by atomic mass is 79.9. The quantitative estimate of drug-likeness (QED) is 0.746. The van der Waals surface area contributed by atoms with E-state index in [0.717, 1.165) is 15.8 Å². The van der Waals surface area contributed by atoms with Crippen LogP contribution in [0.1, 0.15) is 5.56 Å². The van der Waals surface area contributed by atoms with E-state index in [4.69, 9.17) is 16.3 Å². The largest absolute Gasteiger partial charge is 0.492 e. The van der Waals surface area contributed by atoms with Crippen molar-refractivity contribution in [1.29, 1.82) is 0 Å². The molecule has 0 spiro atoms. The van der Waals surface area contributed by atoms with Crippen molar-refractivity contribution in [2.24, 2.45) is 0 Å². The highest BCUT2D eigenvalue weighted by Crippen LogP contribution is 2.25. The van der Waals surface area contributed by atoms with Crippen molar-refractivity contribution in [3.8, 4) is 5.75 Å². The smallest absolute Gasteiger partial charge is 0.123 e. The fraction of sp³-hybridized carbons (Fsp3) is 0.333. The normalized spacial score (nSPS) is 9.92. The van der Waals surface area contributed by atoms with Crippen LogP contribution in [0.2, 0.25) is 0 Å². The molecule has 0 fully saturated rings. The lowest BCUT2D eigenvalue weighted by atomic mass is 10.2. The van der Waals surface area contributed by atoms with Crippen LogP contribution in [0.25, 0.3) is 0 Å². The number of benzene rings is 1. The van der Waals surface area contributed by atoms with Gasteiger partial charge in [-0.1, -0.05) is 22.0 Å². The Hall–Kier alpha value is -0.210. The third-order valence-electron chi connectivity index (χ3n) is 1.55. The number of hydrogen-bond donors (Lipinski definition) is 0. The molecule has 1 aromatic carbocycles. The predicted molar refractivity (Wildman–Crippen MR) is 55.1 cm³/mol. The zero-order chi connectivity index (χ0) is 8.97. The molecule has 0 unspecified atom stereocenters. The van der Waals surface area contributed by atoms with Crippen molar-refractivity contribution in [3.05, 3.63) is 28.2 Å². The van der Waals surface area contributed by atoms with Crippen molar-refractivity contribution < 1.29 is 4.74 Å². The molecule has 0 aliphatic heterocycles. The van der Waals surface area contributed by atoms with Crippen LogP contribution in [0.4, 0.5) is 0 Å². The minimum Gasteiger partial charge on any atom is -0.492 e. The first-order valence-corrected chi connectivity index (χ1v) is 5.02. The number of alkyl halides is 1. The van der Waals surface area contributed by atoms with E-state index < -0.39 is 0 Å². The molecule has 0 amide bonds. The van der Waals surface area contributed by atoms with E-state index in [-0.39, 0.29) is 0 Å². The molecule has 0 aliphatic rings. The SMILES string of the molecule is Cc1c(Br)cccc1OCCCl. The van der Waals surface area contributed by atoms with Crippen LogP contribution in [0.3, 0.4) is 0 Å². The van der Waals surface area contributed by atoms with Crippen molar-refractivity contribution in [2.75, 3.05) is 12.5 Å². The summed E-state index contributed by atoms with van der Waals surface area (Å²) >= 11 is 8.93. The van der Waals surface area contributed by atoms with Gasteiger partial charge in [-0.2, -0.15) is 0 Å². The highest BCUT2D eigenvalue weighted by Gasteiger charge is 2.01. The minimum absolute atomic E-state index is 0.520. The maximum atomic E-state index is 5.51. The zero-order valence-corrected chi connectivity index (χ0v) is 9.15. The molecule has 0 N–H and O–H groups in total. The van der Waals surface area contributed by atoms with Gasteiger partial charge in [0, 0.05) is 10.0 Å². The van der Waals surface area contributed by atoms with Crippen LogP contribution in [-0.2, 0) is 0 Å². The Kier molecular flexibility index (Phi) is 3.89. The van der Waals surface area contributed by atoms with Gasteiger partial charge in [-0.15, -0.1) is 11.6 Å². The van der Waals surface area contributed by atoms with Gasteiger partial charge in [0.1, 0.15) is 12.4 Å². The van der Waals surface area contributed by atoms with Crippen LogP contribution in [0.5, 0.6) is 5.75 Å². The summed E-state index contributed by atoms with van der Waals surface area (Å²) < 4.78 is 6.47. The second-order valence-corrected chi connectivity index (χ2v) is 3.63. The molecule has 0 aliphatic carbocycles. The Bertz CT molecular complexity index is 263. The molecule has 66 valence electrons. The maximum Gasteiger partial charge on any atom is 0.123 e. The van der Waals surface area contributed by atoms with Crippen molar-refractivity contribution in [2.45, 2.75) is 6.92 Å². The van der Waals surface area contributed by atoms with Crippen LogP contribution in [0.15, 0.2) is 22.7 Å². The third-order valence-corrected chi connectivity index (χ3v) is 2.57. The molecular formula is C9H10BrClO. The van der Waals surface area contributed by atoms with Crippen molar-refractivity contribution in [3.63, 3.8) is 0 Å². The van der Waals surface area contributed by atoms with Gasteiger partial charge in [0.15, 0.2) is 0 Å². The molecular weight excluding hydrogens is 239 g/mol. The Morgan fingerprint density at radius 1 is 1.50 bits per heavy atom. The van der Waals surface area contributed by atoms with E-state index in [2.05, 4.69) is 15.9 Å². The molecule has 0 aromatic heterocycles. The van der Waals surface area contributed by atoms with Gasteiger partial charge in [-0.3, -0.25) is 0 Å². The zero-order valence-electron chi connectivity index (χ0n) is 6.81. The van der Waals surface area contributed by atoms with Crippen LogP contribution < -0.4 is 4.74 Å². The van der Waals surface area contributed by atoms with Gasteiger partial charge in [0.25, 0.3) is 0 Å². The fourth-order valence-electron chi connectivity index (χ4n) is 0.893. The van der Waals surface area contributed by atoms with E-state index in [1.807, 2.05) is 25.1 Å². The fourth-order valence-corrected chi connectivity index (χ4v) is 1.32. The molecule has 0 radical (unpaired) electrons. The molecule has 3 heteroatoms. The molecule has 1 aromatic rings. The first-order valence-electron chi connectivity index (χ1n) is 3.69. The second kappa shape index (κ2) is 4.73. The summed E-state index contributed by atoms with van der Waals surface area (Å²) in [6.07, 6.45) is 0. The van der Waals surface area contributed by atoms with Crippen molar-refractivity contribution in [1.82, 2.24) is 0 Å². The number of halogens is 2. The maximum absolute atomic E-state index is 5.51. The molecule has 1 rings (SSSR count). The van der Waals surface area contributed by atoms with E-state index >= 15 is 0 Å². The summed E-state index contributed by atoms with van der Waals surface area (Å²) in [4.78, 5) is 0. The molecule has 0 bridgehead atoms. The van der Waals surface area contributed by atoms with Crippen LogP contribution in [0, 0.1) is 6.92 Å². The summed E-state index contributed by atoms with van der Waals surface area (Å²) in [5, 5.41) is 0. The first kappa shape index (κ1) is 9.87. The Morgan fingerprint density at radius 2 is 2.25 bits per heavy atom. The molecule has 1 nitrogen and oxygen atoms in total. The van der Waals surface area contributed by atoms with E-state index in [1.54, 1.807) is 0 Å². The molecule has 0 atom stereocenters. The van der Waals surface area contributed by atoms with Crippen molar-refractivity contribution >= 4 is 27.5 Å². The summed E-state index contributed by atoms with van der Waals surface area (Å²) in [7, 11) is 0. The monoisotopic (exact) mass is 248 g/mol. The minimum atomic E-state index is 0.520. The van der Waals surface area contributed by atoms with Gasteiger partial charge in [-0.25, -0.2) is 0 Å². The predicted octanol–water partition coefficient (Wildman–Crippen LogP) is 3.38. The topological polar surface area (TPSA) is 9.23 Å². The number of rotatable bonds is 3. The summed E-state index contributed by atoms with van der Waals surface area (Å²) in [5.41, 5.74) is 1.11. The molecule has 0 saturated carbocycles. The second-order valence-electron chi connectivity index (χ2n) is 2.40. The number of ether oxygens (including phenoxy) is 1. The van der Waals surface area contributed by atoms with Gasteiger partial charge in [-0.05, 0) is 19.1 Å². The van der Waals surface area contributed by atoms with E-state index in [9.17, 15) is 0 Å². The standard InChI is InChI=1S/C9H10BrClO/c1-7-8(10)3-2-4-9(7)12-6-5-11/h2-4H,5-6H2,1H3. The van der Waals surface area contributed by atoms with E-state index in [1.165, 1.54) is 0 Å². The third kappa shape index (κ3) is 2.39. The molecule has 0 saturated heterocycles. The average Bonchev–Trinajstić information content (AvgIpc) is 2.08. The van der Waals surface area contributed by atoms with Gasteiger partial charge in [0.2, 0.25) is 0 Å². The highest BCUT2D eigenvalue weighted by molar-refractivity contribution is 9.10. The molecule has 0 heterocycles. The lowest BCUT2D eigenvalue weighted by molar-refractivity contribution is 0.340. The lowest BCUT2D eigenvalue weighted by Gasteiger charge is -2.07. The van der Waals surface area contributed by atoms with Crippen LogP contribution >= 0.6 is 27.5 Å². The van der Waals surface area contributed by atoms with Crippen LogP contribution in [-0.4, -0.2) is 12.5 Å². The van der Waals surface area contributed by atoms with Gasteiger partial charge < -0.3 is 4.74 Å². The van der Waals surface area contributed by atoms with E-state index in [0.29, 0.717) is 12.5 Å². The Labute approximate surface area is 85.8 Å². The summed E-state index contributed by atoms with van der Waals surface area (Å²) in [6.45, 7) is 2.56. The molecule has 12 heavy (non-hydrogen) atoms. The Balaban J connectivity index is 2.78. The Morgan fingerprint density at radius 3 is 2.92 bits per heavy atom. The average molecular weight is 250 g/mol.